The third-order valence-corrected chi connectivity index (χ3v) is 2.20. The van der Waals surface area contributed by atoms with Crippen molar-refractivity contribution in [1.82, 2.24) is 10.2 Å². The molecule has 0 saturated heterocycles. The van der Waals surface area contributed by atoms with Crippen molar-refractivity contribution in [2.24, 2.45) is 21.6 Å². The first kappa shape index (κ1) is 12.5. The van der Waals surface area contributed by atoms with E-state index in [1.807, 2.05) is 0 Å². The molecule has 6 heteroatoms. The lowest BCUT2D eigenvalue weighted by atomic mass is 10.0. The van der Waals surface area contributed by atoms with E-state index in [-0.39, 0.29) is 11.9 Å². The van der Waals surface area contributed by atoms with Gasteiger partial charge >= 0.3 is 0 Å². The second-order valence-corrected chi connectivity index (χ2v) is 4.46. The van der Waals surface area contributed by atoms with Crippen LogP contribution in [-0.2, 0) is 4.79 Å². The molecule has 1 aliphatic rings. The number of hydrogen-bond donors (Lipinski definition) is 2. The van der Waals surface area contributed by atoms with Gasteiger partial charge in [-0.25, -0.2) is 0 Å². The maximum Gasteiger partial charge on any atom is 0.271 e. The molecule has 0 aromatic heterocycles. The molecule has 16 heavy (non-hydrogen) atoms. The monoisotopic (exact) mass is 225 g/mol. The molecule has 0 aromatic carbocycles. The van der Waals surface area contributed by atoms with Crippen molar-refractivity contribution in [3.05, 3.63) is 0 Å². The minimum atomic E-state index is -0.256. The smallest absolute Gasteiger partial charge is 0.271 e. The van der Waals surface area contributed by atoms with Crippen LogP contribution in [0, 0.1) is 5.92 Å². The molecule has 0 fully saturated rings. The molecule has 0 spiro atoms. The van der Waals surface area contributed by atoms with Gasteiger partial charge in [-0.05, 0) is 12.3 Å². The number of carbonyl (C=O) groups is 1. The number of rotatable bonds is 2. The van der Waals surface area contributed by atoms with Crippen LogP contribution in [-0.4, -0.2) is 42.9 Å². The number of nitrogens with two attached hydrogens (primary N) is 1. The fourth-order valence-corrected chi connectivity index (χ4v) is 1.33. The van der Waals surface area contributed by atoms with Crippen molar-refractivity contribution in [1.29, 1.82) is 0 Å². The van der Waals surface area contributed by atoms with Crippen molar-refractivity contribution >= 4 is 17.8 Å². The van der Waals surface area contributed by atoms with Crippen LogP contribution >= 0.6 is 0 Å². The van der Waals surface area contributed by atoms with Gasteiger partial charge in [0, 0.05) is 14.1 Å². The summed E-state index contributed by atoms with van der Waals surface area (Å²) in [4.78, 5) is 21.0. The van der Waals surface area contributed by atoms with Gasteiger partial charge in [-0.15, -0.1) is 0 Å². The Bertz CT molecular complexity index is 332. The molecular formula is C10H19N5O. The molecule has 1 atom stereocenters. The summed E-state index contributed by atoms with van der Waals surface area (Å²) in [5, 5.41) is 2.96. The maximum absolute atomic E-state index is 11.5. The lowest BCUT2D eigenvalue weighted by molar-refractivity contribution is -0.118. The Hall–Kier alpha value is -1.59. The number of carbonyl (C=O) groups excluding carboxylic acids is 1. The molecular weight excluding hydrogens is 206 g/mol. The molecule has 1 amide bonds. The Balaban J connectivity index is 2.65. The van der Waals surface area contributed by atoms with Crippen LogP contribution < -0.4 is 11.1 Å². The minimum absolute atomic E-state index is 0.168. The van der Waals surface area contributed by atoms with Gasteiger partial charge in [-0.2, -0.15) is 9.98 Å². The van der Waals surface area contributed by atoms with Crippen molar-refractivity contribution in [2.75, 3.05) is 14.1 Å². The van der Waals surface area contributed by atoms with Gasteiger partial charge in [0.15, 0.2) is 5.96 Å². The molecule has 3 N–H and O–H groups in total. The lowest BCUT2D eigenvalue weighted by Gasteiger charge is -2.12. The van der Waals surface area contributed by atoms with E-state index < -0.39 is 0 Å². The van der Waals surface area contributed by atoms with Crippen LogP contribution in [0.5, 0.6) is 0 Å². The van der Waals surface area contributed by atoms with Gasteiger partial charge in [-0.3, -0.25) is 4.79 Å². The average molecular weight is 225 g/mol. The molecule has 1 rings (SSSR count). The minimum Gasteiger partial charge on any atom is -0.369 e. The molecule has 0 radical (unpaired) electrons. The highest BCUT2D eigenvalue weighted by molar-refractivity contribution is 6.06. The van der Waals surface area contributed by atoms with E-state index in [9.17, 15) is 4.79 Å². The van der Waals surface area contributed by atoms with Crippen LogP contribution in [0.4, 0.5) is 0 Å². The van der Waals surface area contributed by atoms with Gasteiger partial charge in [0.05, 0.1) is 0 Å². The number of nitrogens with one attached hydrogen (secondary N) is 1. The first-order chi connectivity index (χ1) is 7.40. The Morgan fingerprint density at radius 2 is 2.25 bits per heavy atom. The van der Waals surface area contributed by atoms with E-state index in [2.05, 4.69) is 29.1 Å². The highest BCUT2D eigenvalue weighted by Gasteiger charge is 2.27. The van der Waals surface area contributed by atoms with Gasteiger partial charge < -0.3 is 16.0 Å². The average Bonchev–Trinajstić information content (AvgIpc) is 2.45. The van der Waals surface area contributed by atoms with E-state index in [4.69, 9.17) is 5.73 Å². The zero-order valence-corrected chi connectivity index (χ0v) is 10.2. The summed E-state index contributed by atoms with van der Waals surface area (Å²) in [7, 11) is 3.56. The Labute approximate surface area is 95.6 Å². The third-order valence-electron chi connectivity index (χ3n) is 2.20. The van der Waals surface area contributed by atoms with Crippen LogP contribution in [0.3, 0.4) is 0 Å². The van der Waals surface area contributed by atoms with Gasteiger partial charge in [0.1, 0.15) is 6.04 Å². The largest absolute Gasteiger partial charge is 0.369 e. The zero-order valence-electron chi connectivity index (χ0n) is 10.2. The predicted octanol–water partition coefficient (Wildman–Crippen LogP) is -0.237. The summed E-state index contributed by atoms with van der Waals surface area (Å²) < 4.78 is 0. The molecule has 90 valence electrons. The summed E-state index contributed by atoms with van der Waals surface area (Å²) in [5.74, 6) is 0.899. The highest BCUT2D eigenvalue weighted by atomic mass is 16.2. The molecule has 0 unspecified atom stereocenters. The summed E-state index contributed by atoms with van der Waals surface area (Å²) in [6, 6.07) is -0.256. The molecule has 1 aliphatic heterocycles. The van der Waals surface area contributed by atoms with E-state index in [0.717, 1.165) is 6.42 Å². The topological polar surface area (TPSA) is 83.1 Å². The number of nitrogens with zero attached hydrogens (tertiary/aromatic N) is 3. The van der Waals surface area contributed by atoms with Gasteiger partial charge in [0.2, 0.25) is 5.96 Å². The second kappa shape index (κ2) is 4.96. The maximum atomic E-state index is 11.5. The molecule has 0 aromatic rings. The Kier molecular flexibility index (Phi) is 3.87. The van der Waals surface area contributed by atoms with E-state index in [1.165, 1.54) is 0 Å². The number of guanidine groups is 2. The Morgan fingerprint density at radius 1 is 1.62 bits per heavy atom. The van der Waals surface area contributed by atoms with Crippen LogP contribution in [0.25, 0.3) is 0 Å². The highest BCUT2D eigenvalue weighted by Crippen LogP contribution is 2.10. The fraction of sp³-hybridized carbons (Fsp3) is 0.700. The summed E-state index contributed by atoms with van der Waals surface area (Å²) in [5.41, 5.74) is 5.63. The summed E-state index contributed by atoms with van der Waals surface area (Å²) in [6.45, 7) is 4.12. The fourth-order valence-electron chi connectivity index (χ4n) is 1.33. The molecule has 0 bridgehead atoms. The van der Waals surface area contributed by atoms with Crippen LogP contribution in [0.15, 0.2) is 9.98 Å². The molecule has 0 aliphatic carbocycles. The second-order valence-electron chi connectivity index (χ2n) is 4.46. The molecule has 6 nitrogen and oxygen atoms in total. The molecule has 0 saturated carbocycles. The Morgan fingerprint density at radius 3 is 2.75 bits per heavy atom. The SMILES string of the molecule is CC(C)C[C@H]1NC(/N=C(\N)N(C)C)=NC1=O. The number of hydrogen-bond acceptors (Lipinski definition) is 3. The van der Waals surface area contributed by atoms with Crippen LogP contribution in [0.2, 0.25) is 0 Å². The van der Waals surface area contributed by atoms with E-state index in [1.54, 1.807) is 19.0 Å². The summed E-state index contributed by atoms with van der Waals surface area (Å²) >= 11 is 0. The van der Waals surface area contributed by atoms with E-state index >= 15 is 0 Å². The van der Waals surface area contributed by atoms with Crippen molar-refractivity contribution in [3.8, 4) is 0 Å². The van der Waals surface area contributed by atoms with Crippen LogP contribution in [0.1, 0.15) is 20.3 Å². The van der Waals surface area contributed by atoms with E-state index in [0.29, 0.717) is 17.8 Å². The first-order valence-corrected chi connectivity index (χ1v) is 5.30. The van der Waals surface area contributed by atoms with Crippen molar-refractivity contribution < 1.29 is 4.79 Å². The first-order valence-electron chi connectivity index (χ1n) is 5.30. The number of amides is 1. The normalized spacial score (nSPS) is 21.1. The predicted molar refractivity (Wildman–Crippen MR) is 64.1 cm³/mol. The van der Waals surface area contributed by atoms with Crippen molar-refractivity contribution in [3.63, 3.8) is 0 Å². The van der Waals surface area contributed by atoms with Gasteiger partial charge in [-0.1, -0.05) is 13.8 Å². The molecule has 1 heterocycles. The summed E-state index contributed by atoms with van der Waals surface area (Å²) in [6.07, 6.45) is 0.753. The standard InChI is InChI=1S/C10H19N5O/c1-6(2)5-7-8(16)13-10(12-7)14-9(11)15(3)4/h6-7H,5H2,1-4H3,(H3,11,12,13,14,16)/t7-/m1/s1. The number of aliphatic imine (C=N–C) groups is 2. The lowest BCUT2D eigenvalue weighted by Crippen LogP contribution is -2.36. The quantitative estimate of drug-likeness (QED) is 0.502. The van der Waals surface area contributed by atoms with Crippen molar-refractivity contribution in [2.45, 2.75) is 26.3 Å². The van der Waals surface area contributed by atoms with Gasteiger partial charge in [0.25, 0.3) is 5.91 Å². The zero-order chi connectivity index (χ0) is 12.3. The third kappa shape index (κ3) is 3.22.